The van der Waals surface area contributed by atoms with Crippen molar-refractivity contribution in [2.45, 2.75) is 79.1 Å². The number of likely N-dealkylation sites (tertiary alicyclic amines) is 1. The molecular weight excluding hydrogens is 218 g/mol. The van der Waals surface area contributed by atoms with Crippen LogP contribution in [0.5, 0.6) is 0 Å². The zero-order valence-corrected chi connectivity index (χ0v) is 13.3. The van der Waals surface area contributed by atoms with Crippen molar-refractivity contribution in [1.29, 1.82) is 0 Å². The summed E-state index contributed by atoms with van der Waals surface area (Å²) in [6, 6.07) is 0. The normalized spacial score (nSPS) is 23.3. The van der Waals surface area contributed by atoms with Gasteiger partial charge in [-0.05, 0) is 63.1 Å². The van der Waals surface area contributed by atoms with Crippen molar-refractivity contribution >= 4 is 0 Å². The first kappa shape index (κ1) is 16.0. The molecule has 0 bridgehead atoms. The zero-order valence-electron chi connectivity index (χ0n) is 13.3. The summed E-state index contributed by atoms with van der Waals surface area (Å²) in [4.78, 5) is 2.67. The van der Waals surface area contributed by atoms with Gasteiger partial charge >= 0.3 is 0 Å². The van der Waals surface area contributed by atoms with Gasteiger partial charge in [-0.2, -0.15) is 0 Å². The lowest BCUT2D eigenvalue weighted by Gasteiger charge is -2.52. The minimum Gasteiger partial charge on any atom is -0.303 e. The molecule has 0 amide bonds. The Morgan fingerprint density at radius 3 is 2.11 bits per heavy atom. The molecule has 1 saturated heterocycles. The summed E-state index contributed by atoms with van der Waals surface area (Å²) in [5, 5.41) is 0. The Morgan fingerprint density at radius 1 is 1.00 bits per heavy atom. The first-order chi connectivity index (χ1) is 8.78. The van der Waals surface area contributed by atoms with E-state index in [1.54, 1.807) is 12.8 Å². The van der Waals surface area contributed by atoms with Crippen LogP contribution in [0.15, 0.2) is 0 Å². The van der Waals surface area contributed by atoms with E-state index in [1.165, 1.54) is 58.2 Å². The van der Waals surface area contributed by atoms with E-state index in [-0.39, 0.29) is 0 Å². The number of hydrogen-bond donors (Lipinski definition) is 0. The zero-order chi connectivity index (χ0) is 13.4. The van der Waals surface area contributed by atoms with Gasteiger partial charge in [0.2, 0.25) is 0 Å². The highest BCUT2D eigenvalue weighted by Crippen LogP contribution is 2.53. The SMILES string of the molecule is CC.CCCCC1CC2(CCN(CCC)CC2)C1. The molecule has 1 aliphatic heterocycles. The molecule has 0 atom stereocenters. The van der Waals surface area contributed by atoms with E-state index in [1.807, 2.05) is 13.8 Å². The number of nitrogens with zero attached hydrogens (tertiary/aromatic N) is 1. The summed E-state index contributed by atoms with van der Waals surface area (Å²) < 4.78 is 0. The van der Waals surface area contributed by atoms with Gasteiger partial charge in [-0.15, -0.1) is 0 Å². The van der Waals surface area contributed by atoms with Gasteiger partial charge in [-0.25, -0.2) is 0 Å². The van der Waals surface area contributed by atoms with E-state index in [9.17, 15) is 0 Å². The van der Waals surface area contributed by atoms with E-state index in [0.717, 1.165) is 11.3 Å². The molecule has 0 N–H and O–H groups in total. The average molecular weight is 253 g/mol. The maximum Gasteiger partial charge on any atom is -0.00134 e. The van der Waals surface area contributed by atoms with Crippen LogP contribution in [-0.2, 0) is 0 Å². The molecule has 1 spiro atoms. The highest BCUT2D eigenvalue weighted by Gasteiger charge is 2.44. The van der Waals surface area contributed by atoms with Crippen molar-refractivity contribution in [3.63, 3.8) is 0 Å². The molecule has 1 nitrogen and oxygen atoms in total. The highest BCUT2D eigenvalue weighted by molar-refractivity contribution is 4.96. The van der Waals surface area contributed by atoms with E-state index < -0.39 is 0 Å². The van der Waals surface area contributed by atoms with Crippen molar-refractivity contribution in [1.82, 2.24) is 4.90 Å². The van der Waals surface area contributed by atoms with Crippen LogP contribution in [0.4, 0.5) is 0 Å². The number of rotatable bonds is 5. The van der Waals surface area contributed by atoms with Gasteiger partial charge < -0.3 is 4.90 Å². The van der Waals surface area contributed by atoms with E-state index in [4.69, 9.17) is 0 Å². The molecule has 1 aliphatic carbocycles. The fraction of sp³-hybridized carbons (Fsp3) is 1.00. The van der Waals surface area contributed by atoms with Gasteiger partial charge in [0.25, 0.3) is 0 Å². The average Bonchev–Trinajstić information content (AvgIpc) is 2.38. The molecule has 0 aromatic rings. The Morgan fingerprint density at radius 2 is 1.61 bits per heavy atom. The third kappa shape index (κ3) is 4.26. The summed E-state index contributed by atoms with van der Waals surface area (Å²) in [7, 11) is 0. The highest BCUT2D eigenvalue weighted by atomic mass is 15.1. The van der Waals surface area contributed by atoms with Gasteiger partial charge in [0.05, 0.1) is 0 Å². The van der Waals surface area contributed by atoms with Crippen LogP contribution >= 0.6 is 0 Å². The molecular formula is C17H35N. The lowest BCUT2D eigenvalue weighted by atomic mass is 9.56. The van der Waals surface area contributed by atoms with Gasteiger partial charge in [0.1, 0.15) is 0 Å². The smallest absolute Gasteiger partial charge is 0.00134 e. The fourth-order valence-corrected chi connectivity index (χ4v) is 3.84. The number of unbranched alkanes of at least 4 members (excludes halogenated alkanes) is 1. The molecule has 1 heterocycles. The molecule has 18 heavy (non-hydrogen) atoms. The van der Waals surface area contributed by atoms with Crippen LogP contribution in [0.25, 0.3) is 0 Å². The standard InChI is InChI=1S/C15H29N.C2H6/c1-3-5-6-14-12-15(13-14)7-10-16(9-4-2)11-8-15;1-2/h14H,3-13H2,1-2H3;1-2H3. The molecule has 0 unspecified atom stereocenters. The van der Waals surface area contributed by atoms with Crippen LogP contribution in [0.2, 0.25) is 0 Å². The molecule has 0 aromatic heterocycles. The van der Waals surface area contributed by atoms with Crippen molar-refractivity contribution in [2.75, 3.05) is 19.6 Å². The molecule has 2 aliphatic rings. The molecule has 2 rings (SSSR count). The Bertz CT molecular complexity index is 188. The largest absolute Gasteiger partial charge is 0.303 e. The first-order valence-electron chi connectivity index (χ1n) is 8.50. The minimum atomic E-state index is 0.808. The monoisotopic (exact) mass is 253 g/mol. The summed E-state index contributed by atoms with van der Waals surface area (Å²) in [6.45, 7) is 12.7. The van der Waals surface area contributed by atoms with Crippen molar-refractivity contribution in [2.24, 2.45) is 11.3 Å². The van der Waals surface area contributed by atoms with Crippen LogP contribution in [0, 0.1) is 11.3 Å². The van der Waals surface area contributed by atoms with E-state index in [2.05, 4.69) is 18.7 Å². The predicted octanol–water partition coefficient (Wildman–Crippen LogP) is 5.11. The maximum atomic E-state index is 2.67. The molecule has 1 saturated carbocycles. The van der Waals surface area contributed by atoms with Crippen molar-refractivity contribution < 1.29 is 0 Å². The third-order valence-electron chi connectivity index (χ3n) is 4.87. The topological polar surface area (TPSA) is 3.24 Å². The Hall–Kier alpha value is -0.0400. The Kier molecular flexibility index (Phi) is 7.29. The van der Waals surface area contributed by atoms with Gasteiger partial charge in [0.15, 0.2) is 0 Å². The quantitative estimate of drug-likeness (QED) is 0.658. The second-order valence-corrected chi connectivity index (χ2v) is 6.26. The summed E-state index contributed by atoms with van der Waals surface area (Å²) in [6.07, 6.45) is 11.8. The maximum absolute atomic E-state index is 2.67. The van der Waals surface area contributed by atoms with Crippen LogP contribution in [0.1, 0.15) is 79.1 Å². The fourth-order valence-electron chi connectivity index (χ4n) is 3.84. The summed E-state index contributed by atoms with van der Waals surface area (Å²) in [5.74, 6) is 1.10. The van der Waals surface area contributed by atoms with Crippen LogP contribution in [0.3, 0.4) is 0 Å². The van der Waals surface area contributed by atoms with Gasteiger partial charge in [-0.1, -0.05) is 47.0 Å². The molecule has 2 fully saturated rings. The number of hydrogen-bond acceptors (Lipinski definition) is 1. The van der Waals surface area contributed by atoms with Crippen LogP contribution in [-0.4, -0.2) is 24.5 Å². The van der Waals surface area contributed by atoms with Crippen LogP contribution < -0.4 is 0 Å². The van der Waals surface area contributed by atoms with Crippen molar-refractivity contribution in [3.8, 4) is 0 Å². The third-order valence-corrected chi connectivity index (χ3v) is 4.87. The predicted molar refractivity (Wildman–Crippen MR) is 82.0 cm³/mol. The minimum absolute atomic E-state index is 0.808. The summed E-state index contributed by atoms with van der Waals surface area (Å²) >= 11 is 0. The second kappa shape index (κ2) is 8.19. The molecule has 0 aromatic carbocycles. The molecule has 1 heteroatoms. The Balaban J connectivity index is 0.000000771. The Labute approximate surface area is 115 Å². The summed E-state index contributed by atoms with van der Waals surface area (Å²) in [5.41, 5.74) is 0.808. The molecule has 0 radical (unpaired) electrons. The van der Waals surface area contributed by atoms with Crippen molar-refractivity contribution in [3.05, 3.63) is 0 Å². The lowest BCUT2D eigenvalue weighted by molar-refractivity contribution is -0.0166. The van der Waals surface area contributed by atoms with E-state index in [0.29, 0.717) is 0 Å². The second-order valence-electron chi connectivity index (χ2n) is 6.26. The number of piperidine rings is 1. The molecule has 108 valence electrons. The van der Waals surface area contributed by atoms with Gasteiger partial charge in [-0.3, -0.25) is 0 Å². The van der Waals surface area contributed by atoms with E-state index >= 15 is 0 Å². The lowest BCUT2D eigenvalue weighted by Crippen LogP contribution is -2.47. The van der Waals surface area contributed by atoms with Gasteiger partial charge in [0, 0.05) is 0 Å². The first-order valence-corrected chi connectivity index (χ1v) is 8.50.